The minimum Gasteiger partial charge on any atom is -0.321 e. The van der Waals surface area contributed by atoms with E-state index in [1.165, 1.54) is 11.3 Å². The first-order chi connectivity index (χ1) is 11.7. The number of aromatic nitrogens is 2. The molecule has 124 valence electrons. The van der Waals surface area contributed by atoms with Crippen LogP contribution in [-0.4, -0.2) is 15.9 Å². The fourth-order valence-electron chi connectivity index (χ4n) is 2.38. The van der Waals surface area contributed by atoms with Crippen LogP contribution < -0.4 is 5.32 Å². The molecule has 1 N–H and O–H groups in total. The molecule has 0 radical (unpaired) electrons. The lowest BCUT2D eigenvalue weighted by Gasteiger charge is -2.05. The predicted octanol–water partition coefficient (Wildman–Crippen LogP) is 5.17. The molecule has 0 unspecified atom stereocenters. The zero-order chi connectivity index (χ0) is 16.9. The van der Waals surface area contributed by atoms with Crippen LogP contribution in [0.2, 0.25) is 0 Å². The monoisotopic (exact) mass is 357 g/mol. The molecule has 0 atom stereocenters. The summed E-state index contributed by atoms with van der Waals surface area (Å²) >= 11 is 3.08. The van der Waals surface area contributed by atoms with Crippen LogP contribution in [0.4, 0.5) is 5.69 Å². The highest BCUT2D eigenvalue weighted by atomic mass is 32.1. The third kappa shape index (κ3) is 3.88. The van der Waals surface area contributed by atoms with Crippen LogP contribution in [0.5, 0.6) is 0 Å². The zero-order valence-corrected chi connectivity index (χ0v) is 15.3. The quantitative estimate of drug-likeness (QED) is 0.662. The van der Waals surface area contributed by atoms with Gasteiger partial charge in [0, 0.05) is 22.8 Å². The number of amides is 1. The van der Waals surface area contributed by atoms with E-state index in [1.807, 2.05) is 36.6 Å². The molecule has 0 saturated carbocycles. The number of hydrogen-bond donors (Lipinski definition) is 1. The molecule has 0 aliphatic carbocycles. The van der Waals surface area contributed by atoms with Gasteiger partial charge in [-0.15, -0.1) is 22.7 Å². The lowest BCUT2D eigenvalue weighted by atomic mass is 10.2. The Morgan fingerprint density at radius 3 is 2.96 bits per heavy atom. The number of nitrogens with zero attached hydrogens (tertiary/aromatic N) is 2. The number of benzene rings is 1. The van der Waals surface area contributed by atoms with Gasteiger partial charge in [-0.05, 0) is 31.9 Å². The second-order valence-electron chi connectivity index (χ2n) is 5.50. The number of rotatable bonds is 6. The van der Waals surface area contributed by atoms with E-state index in [0.29, 0.717) is 4.88 Å². The fourth-order valence-corrected chi connectivity index (χ4v) is 4.02. The molecule has 2 heterocycles. The molecule has 0 fully saturated rings. The van der Waals surface area contributed by atoms with Crippen molar-refractivity contribution in [3.05, 3.63) is 51.4 Å². The summed E-state index contributed by atoms with van der Waals surface area (Å²) in [6.07, 6.45) is 4.95. The second kappa shape index (κ2) is 7.68. The molecule has 6 heteroatoms. The first kappa shape index (κ1) is 16.8. The molecule has 0 saturated heterocycles. The molecular weight excluding hydrogens is 338 g/mol. The molecule has 0 bridgehead atoms. The van der Waals surface area contributed by atoms with Crippen LogP contribution in [-0.2, 0) is 6.42 Å². The van der Waals surface area contributed by atoms with Crippen molar-refractivity contribution in [3.8, 4) is 10.6 Å². The van der Waals surface area contributed by atoms with Crippen LogP contribution in [0.1, 0.15) is 40.1 Å². The normalized spacial score (nSPS) is 10.8. The van der Waals surface area contributed by atoms with Gasteiger partial charge < -0.3 is 5.32 Å². The van der Waals surface area contributed by atoms with Gasteiger partial charge in [0.1, 0.15) is 9.88 Å². The first-order valence-electron chi connectivity index (χ1n) is 7.95. The van der Waals surface area contributed by atoms with E-state index in [0.717, 1.165) is 46.2 Å². The van der Waals surface area contributed by atoms with E-state index in [-0.39, 0.29) is 5.91 Å². The summed E-state index contributed by atoms with van der Waals surface area (Å²) in [5, 5.41) is 6.91. The Morgan fingerprint density at radius 1 is 1.33 bits per heavy atom. The van der Waals surface area contributed by atoms with Crippen molar-refractivity contribution in [3.63, 3.8) is 0 Å². The lowest BCUT2D eigenvalue weighted by Crippen LogP contribution is -2.11. The van der Waals surface area contributed by atoms with E-state index in [9.17, 15) is 4.79 Å². The van der Waals surface area contributed by atoms with Gasteiger partial charge in [-0.25, -0.2) is 9.97 Å². The molecule has 1 amide bonds. The largest absolute Gasteiger partial charge is 0.321 e. The van der Waals surface area contributed by atoms with Gasteiger partial charge in [0.25, 0.3) is 5.91 Å². The van der Waals surface area contributed by atoms with E-state index in [4.69, 9.17) is 0 Å². The number of nitrogens with one attached hydrogen (secondary N) is 1. The van der Waals surface area contributed by atoms with Crippen molar-refractivity contribution in [2.75, 3.05) is 5.32 Å². The van der Waals surface area contributed by atoms with E-state index in [1.54, 1.807) is 17.5 Å². The SMILES string of the molecule is CCCCc1nc(C)c(C(=O)Nc2cccc(-c3nccs3)c2)s1. The number of carbonyl (C=O) groups is 1. The third-order valence-corrected chi connectivity index (χ3v) is 5.63. The number of thiazole rings is 2. The number of unbranched alkanes of at least 4 members (excludes halogenated alkanes) is 1. The Morgan fingerprint density at radius 2 is 2.21 bits per heavy atom. The predicted molar refractivity (Wildman–Crippen MR) is 101 cm³/mol. The molecule has 3 rings (SSSR count). The second-order valence-corrected chi connectivity index (χ2v) is 7.48. The highest BCUT2D eigenvalue weighted by molar-refractivity contribution is 7.14. The van der Waals surface area contributed by atoms with Gasteiger partial charge in [0.15, 0.2) is 0 Å². The Bertz CT molecular complexity index is 825. The highest BCUT2D eigenvalue weighted by Gasteiger charge is 2.15. The molecular formula is C18H19N3OS2. The molecule has 24 heavy (non-hydrogen) atoms. The molecule has 1 aromatic carbocycles. The minimum absolute atomic E-state index is 0.0935. The molecule has 0 aliphatic rings. The molecule has 4 nitrogen and oxygen atoms in total. The number of anilines is 1. The van der Waals surface area contributed by atoms with Crippen LogP contribution in [0.15, 0.2) is 35.8 Å². The third-order valence-electron chi connectivity index (χ3n) is 3.59. The van der Waals surface area contributed by atoms with Gasteiger partial charge in [-0.3, -0.25) is 4.79 Å². The lowest BCUT2D eigenvalue weighted by molar-refractivity contribution is 0.103. The van der Waals surface area contributed by atoms with Crippen LogP contribution in [0, 0.1) is 6.92 Å². The van der Waals surface area contributed by atoms with Crippen LogP contribution >= 0.6 is 22.7 Å². The fraction of sp³-hybridized carbons (Fsp3) is 0.278. The Balaban J connectivity index is 1.75. The van der Waals surface area contributed by atoms with Crippen molar-refractivity contribution in [2.24, 2.45) is 0 Å². The number of aryl methyl sites for hydroxylation is 2. The van der Waals surface area contributed by atoms with Gasteiger partial charge >= 0.3 is 0 Å². The molecule has 3 aromatic rings. The summed E-state index contributed by atoms with van der Waals surface area (Å²) in [6, 6.07) is 7.77. The summed E-state index contributed by atoms with van der Waals surface area (Å²) in [4.78, 5) is 22.1. The van der Waals surface area contributed by atoms with Gasteiger partial charge in [0.05, 0.1) is 10.7 Å². The van der Waals surface area contributed by atoms with E-state index in [2.05, 4.69) is 22.2 Å². The summed E-state index contributed by atoms with van der Waals surface area (Å²) in [5.74, 6) is -0.0935. The summed E-state index contributed by atoms with van der Waals surface area (Å²) in [6.45, 7) is 4.05. The van der Waals surface area contributed by atoms with Crippen molar-refractivity contribution >= 4 is 34.3 Å². The Labute approximate surface area is 149 Å². The maximum atomic E-state index is 12.6. The average molecular weight is 358 g/mol. The van der Waals surface area contributed by atoms with E-state index < -0.39 is 0 Å². The smallest absolute Gasteiger partial charge is 0.267 e. The topological polar surface area (TPSA) is 54.9 Å². The van der Waals surface area contributed by atoms with Crippen LogP contribution in [0.3, 0.4) is 0 Å². The maximum Gasteiger partial charge on any atom is 0.267 e. The van der Waals surface area contributed by atoms with Crippen molar-refractivity contribution in [1.82, 2.24) is 9.97 Å². The Hall–Kier alpha value is -2.05. The van der Waals surface area contributed by atoms with Crippen molar-refractivity contribution in [1.29, 1.82) is 0 Å². The van der Waals surface area contributed by atoms with E-state index >= 15 is 0 Å². The number of hydrogen-bond acceptors (Lipinski definition) is 5. The molecule has 0 spiro atoms. The minimum atomic E-state index is -0.0935. The van der Waals surface area contributed by atoms with Crippen LogP contribution in [0.25, 0.3) is 10.6 Å². The summed E-state index contributed by atoms with van der Waals surface area (Å²) in [5.41, 5.74) is 2.59. The zero-order valence-electron chi connectivity index (χ0n) is 13.7. The van der Waals surface area contributed by atoms with Gasteiger partial charge in [-0.2, -0.15) is 0 Å². The molecule has 0 aliphatic heterocycles. The Kier molecular flexibility index (Phi) is 5.37. The summed E-state index contributed by atoms with van der Waals surface area (Å²) < 4.78 is 0. The van der Waals surface area contributed by atoms with Crippen molar-refractivity contribution < 1.29 is 4.79 Å². The average Bonchev–Trinajstić information content (AvgIpc) is 3.23. The van der Waals surface area contributed by atoms with Gasteiger partial charge in [0.2, 0.25) is 0 Å². The first-order valence-corrected chi connectivity index (χ1v) is 9.64. The van der Waals surface area contributed by atoms with Crippen molar-refractivity contribution in [2.45, 2.75) is 33.1 Å². The summed E-state index contributed by atoms with van der Waals surface area (Å²) in [7, 11) is 0. The maximum absolute atomic E-state index is 12.6. The van der Waals surface area contributed by atoms with Gasteiger partial charge in [-0.1, -0.05) is 25.5 Å². The standard InChI is InChI=1S/C18H19N3OS2/c1-3-4-8-15-20-12(2)16(24-15)17(22)21-14-7-5-6-13(11-14)18-19-9-10-23-18/h5-7,9-11H,3-4,8H2,1-2H3,(H,21,22). The highest BCUT2D eigenvalue weighted by Crippen LogP contribution is 2.26. The number of carbonyl (C=O) groups excluding carboxylic acids is 1. The molecule has 2 aromatic heterocycles.